The van der Waals surface area contributed by atoms with Crippen LogP contribution >= 0.6 is 0 Å². The quantitative estimate of drug-likeness (QED) is 0.796. The van der Waals surface area contributed by atoms with Crippen LogP contribution in [0.15, 0.2) is 18.2 Å². The van der Waals surface area contributed by atoms with Crippen molar-refractivity contribution in [2.75, 3.05) is 30.4 Å². The van der Waals surface area contributed by atoms with Crippen molar-refractivity contribution in [3.8, 4) is 0 Å². The van der Waals surface area contributed by atoms with Crippen molar-refractivity contribution in [3.63, 3.8) is 0 Å². The van der Waals surface area contributed by atoms with Crippen molar-refractivity contribution < 1.29 is 9.53 Å². The van der Waals surface area contributed by atoms with Crippen LogP contribution in [0.5, 0.6) is 0 Å². The maximum atomic E-state index is 11.7. The minimum Gasteiger partial charge on any atom is -0.465 e. The van der Waals surface area contributed by atoms with E-state index in [1.807, 2.05) is 12.1 Å². The van der Waals surface area contributed by atoms with Gasteiger partial charge >= 0.3 is 5.97 Å². The number of benzene rings is 1. The van der Waals surface area contributed by atoms with Gasteiger partial charge in [0.2, 0.25) is 0 Å². The molecule has 1 heterocycles. The highest BCUT2D eigenvalue weighted by atomic mass is 16.5. The Hall–Kier alpha value is -1.71. The number of hydrogen-bond donors (Lipinski definition) is 1. The van der Waals surface area contributed by atoms with Crippen LogP contribution in [0.4, 0.5) is 11.4 Å². The second-order valence-electron chi connectivity index (χ2n) is 4.28. The maximum Gasteiger partial charge on any atom is 0.340 e. The third kappa shape index (κ3) is 2.07. The first-order valence-corrected chi connectivity index (χ1v) is 5.90. The molecule has 1 unspecified atom stereocenters. The number of anilines is 2. The number of rotatable bonds is 2. The van der Waals surface area contributed by atoms with Crippen LogP contribution in [0.3, 0.4) is 0 Å². The third-order valence-corrected chi connectivity index (χ3v) is 3.06. The van der Waals surface area contributed by atoms with Gasteiger partial charge in [-0.25, -0.2) is 4.79 Å². The highest BCUT2D eigenvalue weighted by Crippen LogP contribution is 2.34. The molecular formula is C13H18N2O2. The molecule has 0 saturated heterocycles. The topological polar surface area (TPSA) is 41.6 Å². The monoisotopic (exact) mass is 234 g/mol. The van der Waals surface area contributed by atoms with Gasteiger partial charge in [-0.3, -0.25) is 0 Å². The summed E-state index contributed by atoms with van der Waals surface area (Å²) in [5, 5.41) is 3.37. The fourth-order valence-corrected chi connectivity index (χ4v) is 2.26. The number of likely N-dealkylation sites (N-methyl/N-ethyl adjacent to an activating group) is 1. The first kappa shape index (κ1) is 11.8. The van der Waals surface area contributed by atoms with Crippen molar-refractivity contribution in [2.24, 2.45) is 0 Å². The van der Waals surface area contributed by atoms with E-state index in [2.05, 4.69) is 24.1 Å². The fourth-order valence-electron chi connectivity index (χ4n) is 2.26. The lowest BCUT2D eigenvalue weighted by molar-refractivity contribution is 0.0602. The molecule has 2 rings (SSSR count). The highest BCUT2D eigenvalue weighted by Gasteiger charge is 2.24. The van der Waals surface area contributed by atoms with Crippen LogP contribution in [0.2, 0.25) is 0 Å². The number of nitrogens with zero attached hydrogens (tertiary/aromatic N) is 1. The number of para-hydroxylation sites is 1. The summed E-state index contributed by atoms with van der Waals surface area (Å²) in [5.41, 5.74) is 2.57. The number of fused-ring (bicyclic) bond motifs is 1. The van der Waals surface area contributed by atoms with Crippen LogP contribution in [0, 0.1) is 0 Å². The molecule has 0 saturated carbocycles. The second kappa shape index (κ2) is 4.65. The van der Waals surface area contributed by atoms with E-state index in [1.54, 1.807) is 6.07 Å². The Kier molecular flexibility index (Phi) is 3.22. The molecule has 1 aliphatic heterocycles. The number of ether oxygens (including phenoxy) is 1. The van der Waals surface area contributed by atoms with Gasteiger partial charge in [0.25, 0.3) is 0 Å². The average molecular weight is 234 g/mol. The maximum absolute atomic E-state index is 11.7. The van der Waals surface area contributed by atoms with Gasteiger partial charge < -0.3 is 15.0 Å². The number of nitrogens with one attached hydrogen (secondary N) is 1. The van der Waals surface area contributed by atoms with Crippen molar-refractivity contribution in [1.29, 1.82) is 0 Å². The fraction of sp³-hybridized carbons (Fsp3) is 0.462. The molecule has 1 N–H and O–H groups in total. The lowest BCUT2D eigenvalue weighted by Crippen LogP contribution is -2.40. The van der Waals surface area contributed by atoms with E-state index in [9.17, 15) is 4.79 Å². The molecule has 1 aromatic rings. The van der Waals surface area contributed by atoms with E-state index in [-0.39, 0.29) is 5.97 Å². The average Bonchev–Trinajstić information content (AvgIpc) is 2.36. The van der Waals surface area contributed by atoms with Crippen LogP contribution in [0.1, 0.15) is 24.2 Å². The Balaban J connectivity index is 2.49. The van der Waals surface area contributed by atoms with Crippen LogP contribution in [-0.2, 0) is 4.74 Å². The molecule has 0 spiro atoms. The Bertz CT molecular complexity index is 431. The third-order valence-electron chi connectivity index (χ3n) is 3.06. The molecule has 0 aliphatic carbocycles. The molecule has 4 nitrogen and oxygen atoms in total. The van der Waals surface area contributed by atoms with Crippen molar-refractivity contribution >= 4 is 17.3 Å². The molecule has 1 aliphatic rings. The van der Waals surface area contributed by atoms with Gasteiger partial charge in [0.05, 0.1) is 24.0 Å². The van der Waals surface area contributed by atoms with Gasteiger partial charge in [-0.05, 0) is 26.0 Å². The SMILES string of the molecule is CCN1CC(C)Nc2c(C(=O)OC)cccc21. The van der Waals surface area contributed by atoms with Crippen LogP contribution in [-0.4, -0.2) is 32.2 Å². The molecule has 0 bridgehead atoms. The zero-order chi connectivity index (χ0) is 12.4. The first-order valence-electron chi connectivity index (χ1n) is 5.90. The van der Waals surface area contributed by atoms with Gasteiger partial charge in [-0.1, -0.05) is 6.07 Å². The van der Waals surface area contributed by atoms with Gasteiger partial charge in [-0.2, -0.15) is 0 Å². The Labute approximate surface area is 102 Å². The molecule has 17 heavy (non-hydrogen) atoms. The standard InChI is InChI=1S/C13H18N2O2/c1-4-15-8-9(2)14-12-10(13(16)17-3)6-5-7-11(12)15/h5-7,9,14H,4,8H2,1-3H3. The molecule has 0 fully saturated rings. The smallest absolute Gasteiger partial charge is 0.340 e. The summed E-state index contributed by atoms with van der Waals surface area (Å²) >= 11 is 0. The second-order valence-corrected chi connectivity index (χ2v) is 4.28. The molecule has 0 amide bonds. The summed E-state index contributed by atoms with van der Waals surface area (Å²) in [5.74, 6) is -0.292. The summed E-state index contributed by atoms with van der Waals surface area (Å²) in [6.45, 7) is 6.12. The predicted octanol–water partition coefficient (Wildman–Crippen LogP) is 2.11. The molecule has 92 valence electrons. The number of carbonyl (C=O) groups is 1. The predicted molar refractivity (Wildman–Crippen MR) is 68.8 cm³/mol. The number of esters is 1. The molecule has 0 radical (unpaired) electrons. The largest absolute Gasteiger partial charge is 0.465 e. The molecule has 0 aromatic heterocycles. The molecular weight excluding hydrogens is 216 g/mol. The highest BCUT2D eigenvalue weighted by molar-refractivity contribution is 5.99. The first-order chi connectivity index (χ1) is 8.17. The van der Waals surface area contributed by atoms with Gasteiger partial charge in [-0.15, -0.1) is 0 Å². The van der Waals surface area contributed by atoms with E-state index in [4.69, 9.17) is 4.74 Å². The lowest BCUT2D eigenvalue weighted by atomic mass is 10.1. The molecule has 1 aromatic carbocycles. The Morgan fingerprint density at radius 3 is 3.00 bits per heavy atom. The summed E-state index contributed by atoms with van der Waals surface area (Å²) < 4.78 is 4.81. The molecule has 1 atom stereocenters. The van der Waals surface area contributed by atoms with Crippen molar-refractivity contribution in [2.45, 2.75) is 19.9 Å². The van der Waals surface area contributed by atoms with Gasteiger partial charge in [0.1, 0.15) is 0 Å². The molecule has 4 heteroatoms. The minimum atomic E-state index is -0.292. The Morgan fingerprint density at radius 2 is 2.35 bits per heavy atom. The van der Waals surface area contributed by atoms with Crippen LogP contribution < -0.4 is 10.2 Å². The van der Waals surface area contributed by atoms with Crippen molar-refractivity contribution in [3.05, 3.63) is 23.8 Å². The summed E-state index contributed by atoms with van der Waals surface area (Å²) in [4.78, 5) is 14.0. The van der Waals surface area contributed by atoms with Crippen LogP contribution in [0.25, 0.3) is 0 Å². The van der Waals surface area contributed by atoms with Gasteiger partial charge in [0, 0.05) is 19.1 Å². The Morgan fingerprint density at radius 1 is 1.59 bits per heavy atom. The normalized spacial score (nSPS) is 18.3. The summed E-state index contributed by atoms with van der Waals surface area (Å²) in [7, 11) is 1.41. The summed E-state index contributed by atoms with van der Waals surface area (Å²) in [6, 6.07) is 6.05. The van der Waals surface area contributed by atoms with E-state index in [1.165, 1.54) is 7.11 Å². The van der Waals surface area contributed by atoms with E-state index < -0.39 is 0 Å². The zero-order valence-corrected chi connectivity index (χ0v) is 10.5. The summed E-state index contributed by atoms with van der Waals surface area (Å²) in [6.07, 6.45) is 0. The number of hydrogen-bond acceptors (Lipinski definition) is 4. The van der Waals surface area contributed by atoms with Gasteiger partial charge in [0.15, 0.2) is 0 Å². The zero-order valence-electron chi connectivity index (χ0n) is 10.5. The van der Waals surface area contributed by atoms with E-state index in [0.717, 1.165) is 24.5 Å². The minimum absolute atomic E-state index is 0.292. The number of carbonyl (C=O) groups excluding carboxylic acids is 1. The number of methoxy groups -OCH3 is 1. The lowest BCUT2D eigenvalue weighted by Gasteiger charge is -2.36. The van der Waals surface area contributed by atoms with Crippen molar-refractivity contribution in [1.82, 2.24) is 0 Å². The van der Waals surface area contributed by atoms with E-state index >= 15 is 0 Å². The van der Waals surface area contributed by atoms with E-state index in [0.29, 0.717) is 11.6 Å².